The van der Waals surface area contributed by atoms with E-state index in [9.17, 15) is 4.79 Å². The smallest absolute Gasteiger partial charge is 0.282 e. The highest BCUT2D eigenvalue weighted by atomic mass is 16.5. The Labute approximate surface area is 139 Å². The number of fused-ring (bicyclic) bond motifs is 1. The van der Waals surface area contributed by atoms with E-state index in [0.29, 0.717) is 11.1 Å². The molecule has 0 radical (unpaired) electrons. The lowest BCUT2D eigenvalue weighted by Crippen LogP contribution is -2.26. The summed E-state index contributed by atoms with van der Waals surface area (Å²) in [4.78, 5) is 23.5. The highest BCUT2D eigenvalue weighted by Crippen LogP contribution is 2.17. The van der Waals surface area contributed by atoms with Gasteiger partial charge in [-0.1, -0.05) is 0 Å². The highest BCUT2D eigenvalue weighted by Gasteiger charge is 2.11. The summed E-state index contributed by atoms with van der Waals surface area (Å²) >= 11 is 0. The van der Waals surface area contributed by atoms with E-state index in [-0.39, 0.29) is 11.5 Å². The minimum Gasteiger partial charge on any atom is -0.497 e. The number of nitrogens with zero attached hydrogens (tertiary/aromatic N) is 5. The number of rotatable bonds is 5. The summed E-state index contributed by atoms with van der Waals surface area (Å²) < 4.78 is 6.40. The molecule has 24 heavy (non-hydrogen) atoms. The summed E-state index contributed by atoms with van der Waals surface area (Å²) in [7, 11) is 1.59. The van der Waals surface area contributed by atoms with Crippen molar-refractivity contribution in [3.63, 3.8) is 0 Å². The van der Waals surface area contributed by atoms with E-state index in [4.69, 9.17) is 4.74 Å². The van der Waals surface area contributed by atoms with Gasteiger partial charge in [-0.2, -0.15) is 14.8 Å². The lowest BCUT2D eigenvalue weighted by molar-refractivity contribution is 0.415. The molecule has 2 heterocycles. The van der Waals surface area contributed by atoms with Crippen LogP contribution < -0.4 is 15.2 Å². The van der Waals surface area contributed by atoms with Crippen LogP contribution in [0.15, 0.2) is 41.5 Å². The van der Waals surface area contributed by atoms with E-state index in [1.165, 1.54) is 4.68 Å². The number of ether oxygens (including phenoxy) is 1. The van der Waals surface area contributed by atoms with Gasteiger partial charge in [-0.15, -0.1) is 0 Å². The molecule has 0 aliphatic rings. The van der Waals surface area contributed by atoms with Crippen molar-refractivity contribution in [1.29, 1.82) is 0 Å². The molecule has 1 aromatic carbocycles. The lowest BCUT2D eigenvalue weighted by Gasteiger charge is -2.19. The van der Waals surface area contributed by atoms with E-state index in [0.717, 1.165) is 24.3 Å². The molecule has 124 valence electrons. The molecule has 0 aliphatic heterocycles. The van der Waals surface area contributed by atoms with Crippen molar-refractivity contribution in [2.45, 2.75) is 13.8 Å². The van der Waals surface area contributed by atoms with Gasteiger partial charge in [0.2, 0.25) is 0 Å². The lowest BCUT2D eigenvalue weighted by atomic mass is 10.2. The van der Waals surface area contributed by atoms with Crippen molar-refractivity contribution < 1.29 is 4.74 Å². The zero-order valence-corrected chi connectivity index (χ0v) is 13.9. The molecule has 0 atom stereocenters. The van der Waals surface area contributed by atoms with Gasteiger partial charge in [-0.25, -0.2) is 4.98 Å². The van der Waals surface area contributed by atoms with Crippen molar-refractivity contribution >= 4 is 16.6 Å². The van der Waals surface area contributed by atoms with Gasteiger partial charge in [0.15, 0.2) is 0 Å². The summed E-state index contributed by atoms with van der Waals surface area (Å²) in [5, 5.41) is 5.47. The van der Waals surface area contributed by atoms with Crippen molar-refractivity contribution in [3.05, 3.63) is 47.0 Å². The molecule has 2 aromatic heterocycles. The van der Waals surface area contributed by atoms with Crippen LogP contribution in [0, 0.1) is 0 Å². The molecule has 0 aliphatic carbocycles. The van der Waals surface area contributed by atoms with Crippen LogP contribution in [0.3, 0.4) is 0 Å². The molecule has 0 amide bonds. The fourth-order valence-corrected chi connectivity index (χ4v) is 2.56. The molecule has 0 spiro atoms. The molecule has 7 heteroatoms. The molecule has 0 saturated heterocycles. The summed E-state index contributed by atoms with van der Waals surface area (Å²) in [6, 6.07) is 7.08. The number of hydrogen-bond donors (Lipinski definition) is 0. The molecule has 0 bridgehead atoms. The Morgan fingerprint density at radius 1 is 1.21 bits per heavy atom. The fourth-order valence-electron chi connectivity index (χ4n) is 2.56. The Morgan fingerprint density at radius 3 is 2.71 bits per heavy atom. The van der Waals surface area contributed by atoms with Gasteiger partial charge in [0.25, 0.3) is 11.5 Å². The van der Waals surface area contributed by atoms with Crippen LogP contribution in [0.5, 0.6) is 5.75 Å². The number of benzene rings is 1. The van der Waals surface area contributed by atoms with Crippen LogP contribution in [0.25, 0.3) is 16.7 Å². The maximum atomic E-state index is 12.7. The number of hydrogen-bond acceptors (Lipinski definition) is 6. The third-order valence-corrected chi connectivity index (χ3v) is 3.90. The normalized spacial score (nSPS) is 10.8. The van der Waals surface area contributed by atoms with Gasteiger partial charge in [-0.05, 0) is 38.1 Å². The third-order valence-electron chi connectivity index (χ3n) is 3.90. The second-order valence-corrected chi connectivity index (χ2v) is 5.20. The molecule has 7 nitrogen and oxygen atoms in total. The highest BCUT2D eigenvalue weighted by molar-refractivity contribution is 5.82. The average molecular weight is 325 g/mol. The van der Waals surface area contributed by atoms with Gasteiger partial charge in [0, 0.05) is 24.7 Å². The Morgan fingerprint density at radius 2 is 2.00 bits per heavy atom. The summed E-state index contributed by atoms with van der Waals surface area (Å²) in [5.41, 5.74) is -0.258. The topological polar surface area (TPSA) is 73.1 Å². The summed E-state index contributed by atoms with van der Waals surface area (Å²) in [6.07, 6.45) is 3.26. The van der Waals surface area contributed by atoms with Gasteiger partial charge < -0.3 is 9.64 Å². The summed E-state index contributed by atoms with van der Waals surface area (Å²) in [5.74, 6) is 1.72. The van der Waals surface area contributed by atoms with Crippen molar-refractivity contribution in [3.8, 4) is 11.7 Å². The average Bonchev–Trinajstić information content (AvgIpc) is 2.63. The molecule has 3 aromatic rings. The maximum absolute atomic E-state index is 12.7. The van der Waals surface area contributed by atoms with Crippen molar-refractivity contribution in [2.24, 2.45) is 0 Å². The predicted molar refractivity (Wildman–Crippen MR) is 93.0 cm³/mol. The van der Waals surface area contributed by atoms with Crippen molar-refractivity contribution in [2.75, 3.05) is 25.1 Å². The van der Waals surface area contributed by atoms with E-state index < -0.39 is 0 Å². The summed E-state index contributed by atoms with van der Waals surface area (Å²) in [6.45, 7) is 5.76. The van der Waals surface area contributed by atoms with Crippen LogP contribution in [0.2, 0.25) is 0 Å². The molecular formula is C17H19N5O2. The van der Waals surface area contributed by atoms with Crippen LogP contribution in [0.1, 0.15) is 13.8 Å². The Balaban J connectivity index is 2.11. The third kappa shape index (κ3) is 2.80. The van der Waals surface area contributed by atoms with Gasteiger partial charge in [0.1, 0.15) is 11.6 Å². The molecule has 3 rings (SSSR count). The second-order valence-electron chi connectivity index (χ2n) is 5.20. The number of aromatic nitrogens is 4. The number of methoxy groups -OCH3 is 1. The first-order valence-corrected chi connectivity index (χ1v) is 7.82. The Kier molecular flexibility index (Phi) is 4.41. The van der Waals surface area contributed by atoms with Gasteiger partial charge in [-0.3, -0.25) is 4.79 Å². The molecule has 0 saturated carbocycles. The number of anilines is 1. The zero-order valence-electron chi connectivity index (χ0n) is 13.9. The zero-order chi connectivity index (χ0) is 17.1. The Hall–Kier alpha value is -2.96. The Bertz CT molecular complexity index is 918. The monoisotopic (exact) mass is 325 g/mol. The minimum atomic E-state index is -0.258. The van der Waals surface area contributed by atoms with Crippen molar-refractivity contribution in [1.82, 2.24) is 19.7 Å². The van der Waals surface area contributed by atoms with Crippen LogP contribution in [-0.2, 0) is 0 Å². The maximum Gasteiger partial charge on any atom is 0.282 e. The first-order chi connectivity index (χ1) is 11.7. The predicted octanol–water partition coefficient (Wildman–Crippen LogP) is 2.03. The molecule has 0 unspecified atom stereocenters. The van der Waals surface area contributed by atoms with E-state index in [1.54, 1.807) is 37.7 Å². The molecular weight excluding hydrogens is 306 g/mol. The molecule has 0 fully saturated rings. The minimum absolute atomic E-state index is 0.258. The second kappa shape index (κ2) is 6.66. The SMILES string of the molecule is CCN(CC)c1ccnc(-n2ncc3cc(OC)ccc3c2=O)n1. The standard InChI is InChI=1S/C17H19N5O2/c1-4-21(5-2)15-8-9-18-17(20-15)22-16(23)14-7-6-13(24-3)10-12(14)11-19-22/h6-11H,4-5H2,1-3H3. The van der Waals surface area contributed by atoms with Gasteiger partial charge >= 0.3 is 0 Å². The van der Waals surface area contributed by atoms with E-state index in [2.05, 4.69) is 33.8 Å². The van der Waals surface area contributed by atoms with Crippen LogP contribution in [0.4, 0.5) is 5.82 Å². The van der Waals surface area contributed by atoms with Crippen LogP contribution >= 0.6 is 0 Å². The fraction of sp³-hybridized carbons (Fsp3) is 0.294. The van der Waals surface area contributed by atoms with Crippen LogP contribution in [-0.4, -0.2) is 39.9 Å². The van der Waals surface area contributed by atoms with Gasteiger partial charge in [0.05, 0.1) is 18.7 Å². The van der Waals surface area contributed by atoms with E-state index >= 15 is 0 Å². The first kappa shape index (κ1) is 15.9. The van der Waals surface area contributed by atoms with E-state index in [1.807, 2.05) is 6.07 Å². The first-order valence-electron chi connectivity index (χ1n) is 7.82. The quantitative estimate of drug-likeness (QED) is 0.715. The molecule has 0 N–H and O–H groups in total. The largest absolute Gasteiger partial charge is 0.497 e.